The third-order valence-corrected chi connectivity index (χ3v) is 2.02. The lowest BCUT2D eigenvalue weighted by molar-refractivity contribution is 0.0695. The lowest BCUT2D eigenvalue weighted by atomic mass is 10.2. The largest absolute Gasteiger partial charge is 0.478 e. The molecule has 0 unspecified atom stereocenters. The molecule has 0 amide bonds. The van der Waals surface area contributed by atoms with Gasteiger partial charge in [0.15, 0.2) is 0 Å². The molecule has 4 heteroatoms. The number of allylic oxidation sites excluding steroid dienone is 1. The maximum Gasteiger partial charge on any atom is 0.339 e. The van der Waals surface area contributed by atoms with Gasteiger partial charge in [-0.1, -0.05) is 12.2 Å². The molecule has 1 rings (SSSR count). The Hall–Kier alpha value is -1.58. The van der Waals surface area contributed by atoms with E-state index in [-0.39, 0.29) is 0 Å². The van der Waals surface area contributed by atoms with Gasteiger partial charge in [0.25, 0.3) is 0 Å². The van der Waals surface area contributed by atoms with E-state index in [9.17, 15) is 4.79 Å². The molecule has 1 aromatic heterocycles. The standard InChI is InChI=1S/C10H14N2O2/c1-6(2)5-12-8(4)9(10(13)14)7(3)11-12/h1,5H2,2-4H3,(H,13,14). The molecule has 1 heterocycles. The first-order valence-electron chi connectivity index (χ1n) is 4.35. The van der Waals surface area contributed by atoms with Crippen molar-refractivity contribution in [1.29, 1.82) is 0 Å². The number of rotatable bonds is 3. The summed E-state index contributed by atoms with van der Waals surface area (Å²) in [6.45, 7) is 9.68. The number of nitrogens with zero attached hydrogens (tertiary/aromatic N) is 2. The second-order valence-electron chi connectivity index (χ2n) is 3.47. The zero-order valence-electron chi connectivity index (χ0n) is 8.66. The lowest BCUT2D eigenvalue weighted by Crippen LogP contribution is -2.05. The van der Waals surface area contributed by atoms with Crippen molar-refractivity contribution < 1.29 is 9.90 Å². The van der Waals surface area contributed by atoms with Gasteiger partial charge in [0, 0.05) is 0 Å². The topological polar surface area (TPSA) is 55.1 Å². The van der Waals surface area contributed by atoms with Gasteiger partial charge in [0.1, 0.15) is 5.56 Å². The minimum Gasteiger partial charge on any atom is -0.478 e. The average Bonchev–Trinajstić information content (AvgIpc) is 2.25. The Bertz CT molecular complexity index is 391. The molecule has 0 spiro atoms. The van der Waals surface area contributed by atoms with Crippen LogP contribution in [-0.4, -0.2) is 20.9 Å². The summed E-state index contributed by atoms with van der Waals surface area (Å²) in [5.41, 5.74) is 2.48. The van der Waals surface area contributed by atoms with Crippen LogP contribution in [0.3, 0.4) is 0 Å². The first kappa shape index (κ1) is 10.5. The van der Waals surface area contributed by atoms with Crippen LogP contribution in [0.25, 0.3) is 0 Å². The van der Waals surface area contributed by atoms with Gasteiger partial charge in [-0.25, -0.2) is 4.79 Å². The van der Waals surface area contributed by atoms with Crippen molar-refractivity contribution in [3.63, 3.8) is 0 Å². The molecule has 0 saturated heterocycles. The van der Waals surface area contributed by atoms with Crippen molar-refractivity contribution in [2.24, 2.45) is 0 Å². The molecular weight excluding hydrogens is 180 g/mol. The van der Waals surface area contributed by atoms with Crippen LogP contribution < -0.4 is 0 Å². The Morgan fingerprint density at radius 2 is 2.14 bits per heavy atom. The first-order valence-corrected chi connectivity index (χ1v) is 4.35. The molecular formula is C10H14N2O2. The molecule has 0 fully saturated rings. The van der Waals surface area contributed by atoms with Crippen LogP contribution in [0.5, 0.6) is 0 Å². The summed E-state index contributed by atoms with van der Waals surface area (Å²) in [6.07, 6.45) is 0. The molecule has 0 saturated carbocycles. The van der Waals surface area contributed by atoms with E-state index in [2.05, 4.69) is 11.7 Å². The third kappa shape index (κ3) is 1.84. The van der Waals surface area contributed by atoms with Gasteiger partial charge in [0.05, 0.1) is 17.9 Å². The molecule has 0 atom stereocenters. The van der Waals surface area contributed by atoms with Crippen LogP contribution >= 0.6 is 0 Å². The minimum absolute atomic E-state index is 0.297. The fraction of sp³-hybridized carbons (Fsp3) is 0.400. The van der Waals surface area contributed by atoms with Crippen LogP contribution in [0.15, 0.2) is 12.2 Å². The summed E-state index contributed by atoms with van der Waals surface area (Å²) >= 11 is 0. The van der Waals surface area contributed by atoms with E-state index in [4.69, 9.17) is 5.11 Å². The summed E-state index contributed by atoms with van der Waals surface area (Å²) in [5, 5.41) is 13.1. The average molecular weight is 194 g/mol. The molecule has 14 heavy (non-hydrogen) atoms. The van der Waals surface area contributed by atoms with E-state index in [0.717, 1.165) is 5.57 Å². The summed E-state index contributed by atoms with van der Waals surface area (Å²) in [6, 6.07) is 0. The van der Waals surface area contributed by atoms with Gasteiger partial charge in [0.2, 0.25) is 0 Å². The Morgan fingerprint density at radius 3 is 2.50 bits per heavy atom. The van der Waals surface area contributed by atoms with E-state index >= 15 is 0 Å². The number of aromatic carboxylic acids is 1. The van der Waals surface area contributed by atoms with E-state index in [1.165, 1.54) is 0 Å². The number of hydrogen-bond donors (Lipinski definition) is 1. The predicted molar refractivity (Wildman–Crippen MR) is 53.5 cm³/mol. The molecule has 76 valence electrons. The quantitative estimate of drug-likeness (QED) is 0.746. The van der Waals surface area contributed by atoms with Crippen molar-refractivity contribution in [2.75, 3.05) is 0 Å². The number of carboxylic acids is 1. The molecule has 0 aliphatic rings. The highest BCUT2D eigenvalue weighted by Crippen LogP contribution is 2.13. The second-order valence-corrected chi connectivity index (χ2v) is 3.47. The first-order chi connectivity index (χ1) is 6.43. The van der Waals surface area contributed by atoms with Gasteiger partial charge >= 0.3 is 5.97 Å². The summed E-state index contributed by atoms with van der Waals surface area (Å²) in [4.78, 5) is 10.9. The van der Waals surface area contributed by atoms with Crippen molar-refractivity contribution in [3.8, 4) is 0 Å². The Balaban J connectivity index is 3.16. The highest BCUT2D eigenvalue weighted by Gasteiger charge is 2.17. The Morgan fingerprint density at radius 1 is 1.57 bits per heavy atom. The van der Waals surface area contributed by atoms with Crippen molar-refractivity contribution in [3.05, 3.63) is 29.1 Å². The second kappa shape index (κ2) is 3.65. The molecule has 0 aliphatic carbocycles. The fourth-order valence-electron chi connectivity index (χ4n) is 1.42. The fourth-order valence-corrected chi connectivity index (χ4v) is 1.42. The Labute approximate surface area is 82.9 Å². The highest BCUT2D eigenvalue weighted by atomic mass is 16.4. The van der Waals surface area contributed by atoms with E-state index in [1.807, 2.05) is 6.92 Å². The van der Waals surface area contributed by atoms with E-state index in [1.54, 1.807) is 18.5 Å². The number of aryl methyl sites for hydroxylation is 1. The number of aromatic nitrogens is 2. The summed E-state index contributed by atoms with van der Waals surface area (Å²) in [7, 11) is 0. The van der Waals surface area contributed by atoms with E-state index in [0.29, 0.717) is 23.5 Å². The van der Waals surface area contributed by atoms with Crippen LogP contribution in [0.2, 0.25) is 0 Å². The normalized spacial score (nSPS) is 10.2. The Kier molecular flexibility index (Phi) is 2.74. The molecule has 0 aromatic carbocycles. The van der Waals surface area contributed by atoms with Crippen molar-refractivity contribution >= 4 is 5.97 Å². The predicted octanol–water partition coefficient (Wildman–Crippen LogP) is 1.77. The van der Waals surface area contributed by atoms with Gasteiger partial charge in [-0.15, -0.1) is 0 Å². The van der Waals surface area contributed by atoms with Crippen LogP contribution in [0, 0.1) is 13.8 Å². The smallest absolute Gasteiger partial charge is 0.339 e. The van der Waals surface area contributed by atoms with Gasteiger partial charge in [-0.3, -0.25) is 4.68 Å². The third-order valence-electron chi connectivity index (χ3n) is 2.02. The monoisotopic (exact) mass is 194 g/mol. The molecule has 1 aromatic rings. The molecule has 0 radical (unpaired) electrons. The summed E-state index contributed by atoms with van der Waals surface area (Å²) in [5.74, 6) is -0.923. The maximum atomic E-state index is 10.9. The summed E-state index contributed by atoms with van der Waals surface area (Å²) < 4.78 is 1.67. The van der Waals surface area contributed by atoms with Gasteiger partial charge in [-0.2, -0.15) is 5.10 Å². The zero-order valence-corrected chi connectivity index (χ0v) is 8.66. The SMILES string of the molecule is C=C(C)Cn1nc(C)c(C(=O)O)c1C. The van der Waals surface area contributed by atoms with Crippen molar-refractivity contribution in [2.45, 2.75) is 27.3 Å². The number of carboxylic acid groups (broad SMARTS) is 1. The lowest BCUT2D eigenvalue weighted by Gasteiger charge is -2.02. The molecule has 0 aliphatic heterocycles. The minimum atomic E-state index is -0.923. The molecule has 1 N–H and O–H groups in total. The van der Waals surface area contributed by atoms with Crippen molar-refractivity contribution in [1.82, 2.24) is 9.78 Å². The molecule has 0 bridgehead atoms. The van der Waals surface area contributed by atoms with Crippen LogP contribution in [-0.2, 0) is 6.54 Å². The maximum absolute atomic E-state index is 10.9. The number of carbonyl (C=O) groups is 1. The highest BCUT2D eigenvalue weighted by molar-refractivity contribution is 5.90. The van der Waals surface area contributed by atoms with Gasteiger partial charge < -0.3 is 5.11 Å². The van der Waals surface area contributed by atoms with Crippen LogP contribution in [0.4, 0.5) is 0 Å². The molecule has 4 nitrogen and oxygen atoms in total. The van der Waals surface area contributed by atoms with Crippen LogP contribution in [0.1, 0.15) is 28.7 Å². The number of hydrogen-bond acceptors (Lipinski definition) is 2. The van der Waals surface area contributed by atoms with Gasteiger partial charge in [-0.05, 0) is 20.8 Å². The van der Waals surface area contributed by atoms with E-state index < -0.39 is 5.97 Å². The zero-order chi connectivity index (χ0) is 10.9.